The molecule has 2 aromatic carbocycles. The van der Waals surface area contributed by atoms with Crippen molar-refractivity contribution < 1.29 is 13.9 Å². The van der Waals surface area contributed by atoms with Crippen LogP contribution in [-0.4, -0.2) is 21.9 Å². The summed E-state index contributed by atoms with van der Waals surface area (Å²) in [7, 11) is 0. The number of ether oxygens (including phenoxy) is 1. The maximum Gasteiger partial charge on any atom is 0.316 e. The quantitative estimate of drug-likeness (QED) is 0.444. The summed E-state index contributed by atoms with van der Waals surface area (Å²) in [6.07, 6.45) is 0. The molecule has 1 aromatic heterocycles. The average molecular weight is 389 g/mol. The smallest absolute Gasteiger partial charge is 0.316 e. The molecule has 0 aliphatic heterocycles. The van der Waals surface area contributed by atoms with Crippen LogP contribution in [-0.2, 0) is 16.1 Å². The third-order valence-corrected chi connectivity index (χ3v) is 4.54. The predicted molar refractivity (Wildman–Crippen MR) is 101 cm³/mol. The van der Waals surface area contributed by atoms with Gasteiger partial charge in [-0.3, -0.25) is 4.79 Å². The van der Waals surface area contributed by atoms with E-state index in [4.69, 9.17) is 20.8 Å². The third kappa shape index (κ3) is 5.09. The number of carbonyl (C=O) groups is 1. The second kappa shape index (κ2) is 8.38. The molecule has 0 aliphatic rings. The lowest BCUT2D eigenvalue weighted by Gasteiger charge is -2.06. The van der Waals surface area contributed by atoms with Gasteiger partial charge in [0.1, 0.15) is 12.4 Å². The number of hydrogen-bond donors (Lipinski definition) is 0. The number of thioether (sulfide) groups is 1. The molecule has 0 unspecified atom stereocenters. The van der Waals surface area contributed by atoms with E-state index in [1.54, 1.807) is 24.3 Å². The highest BCUT2D eigenvalue weighted by molar-refractivity contribution is 7.99. The lowest BCUT2D eigenvalue weighted by atomic mass is 10.1. The SMILES string of the molecule is Cc1cc(C)cc(COC(=O)CSc2nnc(-c3ccc(Cl)cc3)o2)c1. The molecule has 0 saturated heterocycles. The lowest BCUT2D eigenvalue weighted by Crippen LogP contribution is -2.07. The van der Waals surface area contributed by atoms with Crippen molar-refractivity contribution in [3.8, 4) is 11.5 Å². The topological polar surface area (TPSA) is 65.2 Å². The number of rotatable bonds is 6. The van der Waals surface area contributed by atoms with E-state index in [-0.39, 0.29) is 18.3 Å². The fraction of sp³-hybridized carbons (Fsp3) is 0.211. The molecule has 26 heavy (non-hydrogen) atoms. The van der Waals surface area contributed by atoms with Gasteiger partial charge in [-0.1, -0.05) is 52.7 Å². The van der Waals surface area contributed by atoms with Gasteiger partial charge in [-0.15, -0.1) is 10.2 Å². The zero-order chi connectivity index (χ0) is 18.5. The van der Waals surface area contributed by atoms with Crippen molar-refractivity contribution in [3.05, 3.63) is 64.2 Å². The van der Waals surface area contributed by atoms with Crippen LogP contribution in [0.5, 0.6) is 0 Å². The van der Waals surface area contributed by atoms with Gasteiger partial charge >= 0.3 is 5.97 Å². The Hall–Kier alpha value is -2.31. The minimum Gasteiger partial charge on any atom is -0.460 e. The molecule has 3 rings (SSSR count). The molecule has 0 atom stereocenters. The van der Waals surface area contributed by atoms with Crippen molar-refractivity contribution in [1.29, 1.82) is 0 Å². The minimum atomic E-state index is -0.333. The molecular weight excluding hydrogens is 372 g/mol. The van der Waals surface area contributed by atoms with Crippen molar-refractivity contribution in [2.24, 2.45) is 0 Å². The van der Waals surface area contributed by atoms with Gasteiger partial charge in [0, 0.05) is 10.6 Å². The van der Waals surface area contributed by atoms with Gasteiger partial charge in [-0.05, 0) is 43.7 Å². The van der Waals surface area contributed by atoms with Crippen molar-refractivity contribution in [2.45, 2.75) is 25.7 Å². The Morgan fingerprint density at radius 3 is 2.50 bits per heavy atom. The Morgan fingerprint density at radius 1 is 1.12 bits per heavy atom. The number of hydrogen-bond acceptors (Lipinski definition) is 6. The molecule has 0 aliphatic carbocycles. The number of aromatic nitrogens is 2. The molecule has 0 radical (unpaired) electrons. The van der Waals surface area contributed by atoms with Gasteiger partial charge in [0.15, 0.2) is 0 Å². The molecule has 0 N–H and O–H groups in total. The minimum absolute atomic E-state index is 0.104. The molecular formula is C19H17ClN2O3S. The van der Waals surface area contributed by atoms with E-state index in [1.807, 2.05) is 26.0 Å². The van der Waals surface area contributed by atoms with E-state index in [1.165, 1.54) is 0 Å². The molecule has 5 nitrogen and oxygen atoms in total. The van der Waals surface area contributed by atoms with Crippen molar-refractivity contribution in [3.63, 3.8) is 0 Å². The Bertz CT molecular complexity index is 889. The van der Waals surface area contributed by atoms with Crippen LogP contribution in [0.4, 0.5) is 0 Å². The van der Waals surface area contributed by atoms with E-state index in [0.717, 1.165) is 34.0 Å². The normalized spacial score (nSPS) is 10.7. The molecule has 0 saturated carbocycles. The van der Waals surface area contributed by atoms with Crippen LogP contribution in [0.2, 0.25) is 5.02 Å². The van der Waals surface area contributed by atoms with E-state index >= 15 is 0 Å². The molecule has 0 bridgehead atoms. The number of aryl methyl sites for hydroxylation is 2. The fourth-order valence-electron chi connectivity index (χ4n) is 2.46. The predicted octanol–water partition coefficient (Wildman–Crippen LogP) is 4.84. The summed E-state index contributed by atoms with van der Waals surface area (Å²) >= 11 is 7.01. The number of halogens is 1. The summed E-state index contributed by atoms with van der Waals surface area (Å²) in [6, 6.07) is 13.2. The summed E-state index contributed by atoms with van der Waals surface area (Å²) in [5.41, 5.74) is 4.03. The highest BCUT2D eigenvalue weighted by Crippen LogP contribution is 2.24. The molecule has 1 heterocycles. The van der Waals surface area contributed by atoms with Crippen LogP contribution in [0.15, 0.2) is 52.1 Å². The van der Waals surface area contributed by atoms with Crippen LogP contribution in [0.25, 0.3) is 11.5 Å². The van der Waals surface area contributed by atoms with Gasteiger partial charge in [0.2, 0.25) is 5.89 Å². The maximum absolute atomic E-state index is 11.9. The first-order chi connectivity index (χ1) is 12.5. The Morgan fingerprint density at radius 2 is 1.81 bits per heavy atom. The Kier molecular flexibility index (Phi) is 5.96. The van der Waals surface area contributed by atoms with Gasteiger partial charge in [0.05, 0.1) is 0 Å². The number of esters is 1. The van der Waals surface area contributed by atoms with E-state index in [2.05, 4.69) is 16.3 Å². The summed E-state index contributed by atoms with van der Waals surface area (Å²) in [4.78, 5) is 11.9. The van der Waals surface area contributed by atoms with Crippen LogP contribution < -0.4 is 0 Å². The number of benzene rings is 2. The summed E-state index contributed by atoms with van der Waals surface area (Å²) in [6.45, 7) is 4.28. The zero-order valence-electron chi connectivity index (χ0n) is 14.4. The van der Waals surface area contributed by atoms with Gasteiger partial charge in [0.25, 0.3) is 5.22 Å². The number of nitrogens with zero attached hydrogens (tertiary/aromatic N) is 2. The van der Waals surface area contributed by atoms with Crippen LogP contribution in [0, 0.1) is 13.8 Å². The van der Waals surface area contributed by atoms with Crippen molar-refractivity contribution in [2.75, 3.05) is 5.75 Å². The van der Waals surface area contributed by atoms with Crippen LogP contribution >= 0.6 is 23.4 Å². The molecule has 3 aromatic rings. The maximum atomic E-state index is 11.9. The van der Waals surface area contributed by atoms with Crippen LogP contribution in [0.1, 0.15) is 16.7 Å². The first-order valence-corrected chi connectivity index (χ1v) is 9.31. The zero-order valence-corrected chi connectivity index (χ0v) is 15.9. The van der Waals surface area contributed by atoms with Gasteiger partial charge in [-0.25, -0.2) is 0 Å². The standard InChI is InChI=1S/C19H17ClN2O3S/c1-12-7-13(2)9-14(8-12)10-24-17(23)11-26-19-22-21-18(25-19)15-3-5-16(20)6-4-15/h3-9H,10-11H2,1-2H3. The van der Waals surface area contributed by atoms with E-state index in [9.17, 15) is 4.79 Å². The fourth-order valence-corrected chi connectivity index (χ4v) is 3.14. The van der Waals surface area contributed by atoms with Crippen molar-refractivity contribution >= 4 is 29.3 Å². The summed E-state index contributed by atoms with van der Waals surface area (Å²) in [5.74, 6) is 0.153. The first kappa shape index (κ1) is 18.5. The van der Waals surface area contributed by atoms with E-state index < -0.39 is 0 Å². The summed E-state index contributed by atoms with van der Waals surface area (Å²) < 4.78 is 10.8. The monoisotopic (exact) mass is 388 g/mol. The van der Waals surface area contributed by atoms with Gasteiger partial charge < -0.3 is 9.15 Å². The molecule has 0 fully saturated rings. The number of carbonyl (C=O) groups excluding carboxylic acids is 1. The van der Waals surface area contributed by atoms with Crippen molar-refractivity contribution in [1.82, 2.24) is 10.2 Å². The molecule has 0 amide bonds. The van der Waals surface area contributed by atoms with Crippen LogP contribution in [0.3, 0.4) is 0 Å². The highest BCUT2D eigenvalue weighted by Gasteiger charge is 2.12. The first-order valence-electron chi connectivity index (χ1n) is 7.94. The largest absolute Gasteiger partial charge is 0.460 e. The lowest BCUT2D eigenvalue weighted by molar-refractivity contribution is -0.141. The van der Waals surface area contributed by atoms with E-state index in [0.29, 0.717) is 16.1 Å². The second-order valence-corrected chi connectivity index (χ2v) is 7.19. The highest BCUT2D eigenvalue weighted by atomic mass is 35.5. The average Bonchev–Trinajstić information content (AvgIpc) is 3.07. The second-order valence-electron chi connectivity index (χ2n) is 5.83. The Labute approximate surface area is 160 Å². The van der Waals surface area contributed by atoms with Gasteiger partial charge in [-0.2, -0.15) is 0 Å². The molecule has 0 spiro atoms. The summed E-state index contributed by atoms with van der Waals surface area (Å²) in [5, 5.41) is 8.86. The Balaban J connectivity index is 1.51. The molecule has 134 valence electrons. The molecule has 7 heteroatoms. The third-order valence-electron chi connectivity index (χ3n) is 3.49.